The zero-order valence-corrected chi connectivity index (χ0v) is 18.4. The van der Waals surface area contributed by atoms with Crippen molar-refractivity contribution in [1.29, 1.82) is 0 Å². The van der Waals surface area contributed by atoms with Gasteiger partial charge >= 0.3 is 37.4 Å². The summed E-state index contributed by atoms with van der Waals surface area (Å²) in [6.45, 7) is 0. The maximum Gasteiger partial charge on any atom is 1.00 e. The van der Waals surface area contributed by atoms with Crippen molar-refractivity contribution in [2.24, 2.45) is 0 Å². The second-order valence-electron chi connectivity index (χ2n) is 5.84. The molecule has 138 valence electrons. The first-order valence-corrected chi connectivity index (χ1v) is 9.91. The van der Waals surface area contributed by atoms with E-state index in [4.69, 9.17) is 9.05 Å². The molecule has 0 fully saturated rings. The van der Waals surface area contributed by atoms with E-state index >= 15 is 0 Å². The van der Waals surface area contributed by atoms with Crippen LogP contribution in [0.5, 0.6) is 11.5 Å². The van der Waals surface area contributed by atoms with Gasteiger partial charge in [0, 0.05) is 12.0 Å². The molecule has 0 heterocycles. The number of carbonyl (C=O) groups excluding carboxylic acids is 1. The van der Waals surface area contributed by atoms with Gasteiger partial charge in [-0.25, -0.2) is 4.57 Å². The molecule has 0 bridgehead atoms. The van der Waals surface area contributed by atoms with Gasteiger partial charge in [-0.1, -0.05) is 66.7 Å². The minimum Gasteiger partial charge on any atom is -0.736 e. The Morgan fingerprint density at radius 2 is 1.39 bits per heavy atom. The number of hydrogen-bond donors (Lipinski definition) is 0. The summed E-state index contributed by atoms with van der Waals surface area (Å²) in [4.78, 5) is 24.5. The van der Waals surface area contributed by atoms with E-state index in [9.17, 15) is 14.3 Å². The van der Waals surface area contributed by atoms with Crippen LogP contribution in [-0.4, -0.2) is 5.78 Å². The van der Waals surface area contributed by atoms with Crippen LogP contribution in [0.15, 0.2) is 84.9 Å². The summed E-state index contributed by atoms with van der Waals surface area (Å²) >= 11 is 0. The molecule has 3 aromatic carbocycles. The smallest absolute Gasteiger partial charge is 0.736 e. The number of Topliss-reactive ketones (excluding diaryl/α,β-unsaturated/α-hetero) is 1. The second kappa shape index (κ2) is 10.6. The van der Waals surface area contributed by atoms with Gasteiger partial charge in [-0.05, 0) is 30.2 Å². The number of carbonyl (C=O) groups is 1. The Labute approximate surface area is 186 Å². The van der Waals surface area contributed by atoms with Crippen LogP contribution in [0.3, 0.4) is 0 Å². The Hall–Kier alpha value is -1.88. The first-order chi connectivity index (χ1) is 13.0. The Kier molecular flexibility index (Phi) is 8.49. The molecule has 0 saturated carbocycles. The average molecular weight is 404 g/mol. The van der Waals surface area contributed by atoms with Crippen molar-refractivity contribution in [3.05, 3.63) is 96.1 Å². The predicted octanol–water partition coefficient (Wildman–Crippen LogP) is 1.43. The molecular formula is C21H18NaO5P. The molecule has 5 nitrogen and oxygen atoms in total. The monoisotopic (exact) mass is 404 g/mol. The van der Waals surface area contributed by atoms with Crippen molar-refractivity contribution in [2.75, 3.05) is 0 Å². The number of aryl methyl sites for hydroxylation is 1. The minimum atomic E-state index is -4.60. The Morgan fingerprint density at radius 3 is 2.07 bits per heavy atom. The largest absolute Gasteiger partial charge is 1.00 e. The molecule has 0 N–H and O–H groups in total. The first kappa shape index (κ1) is 22.4. The standard InChI is InChI=1S/C21H19O5P.Na/c22-20(17-9-3-1-4-10-17)16-15-18-11-7-8-14-21(18)26-27(23,24)25-19-12-5-2-6-13-19;/h1-14H,15-16H2,(H,23,24);/q;+1/p-1. The van der Waals surface area contributed by atoms with Crippen LogP contribution < -0.4 is 43.5 Å². The van der Waals surface area contributed by atoms with Gasteiger partial charge in [0.2, 0.25) is 0 Å². The predicted molar refractivity (Wildman–Crippen MR) is 101 cm³/mol. The third-order valence-corrected chi connectivity index (χ3v) is 4.72. The van der Waals surface area contributed by atoms with Crippen molar-refractivity contribution >= 4 is 13.6 Å². The molecule has 0 aliphatic heterocycles. The van der Waals surface area contributed by atoms with Gasteiger partial charge in [-0.2, -0.15) is 0 Å². The molecule has 1 unspecified atom stereocenters. The molecule has 1 atom stereocenters. The number of benzene rings is 3. The molecule has 0 spiro atoms. The van der Waals surface area contributed by atoms with E-state index in [-0.39, 0.29) is 53.3 Å². The molecule has 0 aliphatic carbocycles. The van der Waals surface area contributed by atoms with Crippen LogP contribution in [0.2, 0.25) is 0 Å². The van der Waals surface area contributed by atoms with Gasteiger partial charge in [0.1, 0.15) is 11.5 Å². The third kappa shape index (κ3) is 6.62. The Bertz CT molecular complexity index is 947. The molecule has 0 saturated heterocycles. The van der Waals surface area contributed by atoms with E-state index in [1.165, 1.54) is 12.1 Å². The summed E-state index contributed by atoms with van der Waals surface area (Å²) in [6, 6.07) is 23.8. The topological polar surface area (TPSA) is 75.7 Å². The van der Waals surface area contributed by atoms with Crippen LogP contribution in [0.4, 0.5) is 0 Å². The van der Waals surface area contributed by atoms with E-state index in [1.807, 2.05) is 6.07 Å². The van der Waals surface area contributed by atoms with E-state index in [0.29, 0.717) is 17.5 Å². The quantitative estimate of drug-likeness (QED) is 0.323. The van der Waals surface area contributed by atoms with Gasteiger partial charge in [-0.3, -0.25) is 4.79 Å². The normalized spacial score (nSPS) is 12.3. The second-order valence-corrected chi connectivity index (χ2v) is 7.10. The summed E-state index contributed by atoms with van der Waals surface area (Å²) in [6.07, 6.45) is 0.600. The number of para-hydroxylation sites is 2. The number of phosphoric ester groups is 1. The molecule has 0 amide bonds. The Balaban J connectivity index is 0.00000280. The SMILES string of the molecule is O=C(CCc1ccccc1OP(=O)([O-])Oc1ccccc1)c1ccccc1.[Na+]. The van der Waals surface area contributed by atoms with E-state index in [0.717, 1.165) is 0 Å². The summed E-state index contributed by atoms with van der Waals surface area (Å²) in [5.41, 5.74) is 1.24. The average Bonchev–Trinajstić information content (AvgIpc) is 2.68. The molecule has 3 rings (SSSR count). The van der Waals surface area contributed by atoms with E-state index in [2.05, 4.69) is 0 Å². The minimum absolute atomic E-state index is 0. The number of ketones is 1. The van der Waals surface area contributed by atoms with Crippen molar-refractivity contribution in [3.63, 3.8) is 0 Å². The van der Waals surface area contributed by atoms with E-state index < -0.39 is 7.82 Å². The molecule has 0 radical (unpaired) electrons. The van der Waals surface area contributed by atoms with Crippen LogP contribution in [0, 0.1) is 0 Å². The fraction of sp³-hybridized carbons (Fsp3) is 0.0952. The fourth-order valence-electron chi connectivity index (χ4n) is 2.57. The van der Waals surface area contributed by atoms with Gasteiger partial charge in [-0.15, -0.1) is 0 Å². The van der Waals surface area contributed by atoms with Crippen LogP contribution in [0.1, 0.15) is 22.3 Å². The van der Waals surface area contributed by atoms with Crippen LogP contribution in [-0.2, 0) is 11.0 Å². The maximum atomic E-state index is 12.3. The van der Waals surface area contributed by atoms with Gasteiger partial charge in [0.25, 0.3) is 0 Å². The van der Waals surface area contributed by atoms with Crippen molar-refractivity contribution < 1.29 is 52.9 Å². The van der Waals surface area contributed by atoms with Gasteiger partial charge in [0.15, 0.2) is 5.78 Å². The van der Waals surface area contributed by atoms with Crippen LogP contribution in [0.25, 0.3) is 0 Å². The number of rotatable bonds is 8. The molecule has 0 aliphatic rings. The maximum absolute atomic E-state index is 12.3. The van der Waals surface area contributed by atoms with E-state index in [1.54, 1.807) is 66.7 Å². The summed E-state index contributed by atoms with van der Waals surface area (Å²) < 4.78 is 22.3. The number of phosphoric acid groups is 1. The summed E-state index contributed by atoms with van der Waals surface area (Å²) in [5, 5.41) is 0. The van der Waals surface area contributed by atoms with Crippen LogP contribution >= 0.6 is 7.82 Å². The third-order valence-electron chi connectivity index (χ3n) is 3.86. The zero-order valence-electron chi connectivity index (χ0n) is 15.5. The molecule has 0 aromatic heterocycles. The molecule has 3 aromatic rings. The van der Waals surface area contributed by atoms with Crippen molar-refractivity contribution in [2.45, 2.75) is 12.8 Å². The zero-order chi connectivity index (χ0) is 19.1. The van der Waals surface area contributed by atoms with Crippen molar-refractivity contribution in [1.82, 2.24) is 0 Å². The summed E-state index contributed by atoms with van der Waals surface area (Å²) in [7, 11) is -4.60. The van der Waals surface area contributed by atoms with Gasteiger partial charge < -0.3 is 13.9 Å². The van der Waals surface area contributed by atoms with Crippen molar-refractivity contribution in [3.8, 4) is 11.5 Å². The molecule has 7 heteroatoms. The molecular weight excluding hydrogens is 386 g/mol. The number of hydrogen-bond acceptors (Lipinski definition) is 5. The fourth-order valence-corrected chi connectivity index (χ4v) is 3.40. The molecule has 28 heavy (non-hydrogen) atoms. The first-order valence-electron chi connectivity index (χ1n) is 8.45. The summed E-state index contributed by atoms with van der Waals surface area (Å²) in [5.74, 6) is 0.316. The van der Waals surface area contributed by atoms with Gasteiger partial charge in [0.05, 0.1) is 0 Å². The Morgan fingerprint density at radius 1 is 0.821 bits per heavy atom.